The molecule has 154 valence electrons. The first-order valence-corrected chi connectivity index (χ1v) is 11.7. The van der Waals surface area contributed by atoms with E-state index in [9.17, 15) is 8.42 Å². The van der Waals surface area contributed by atoms with E-state index in [0.29, 0.717) is 42.2 Å². The molecule has 2 fully saturated rings. The molecule has 0 atom stereocenters. The second kappa shape index (κ2) is 9.78. The molecule has 3 rings (SSSR count). The van der Waals surface area contributed by atoms with Gasteiger partial charge in [-0.05, 0) is 49.7 Å². The quantitative estimate of drug-likeness (QED) is 0.380. The van der Waals surface area contributed by atoms with Crippen molar-refractivity contribution in [3.8, 4) is 0 Å². The lowest BCUT2D eigenvalue weighted by molar-refractivity contribution is 0.360. The van der Waals surface area contributed by atoms with Crippen molar-refractivity contribution in [2.24, 2.45) is 5.10 Å². The molecule has 3 N–H and O–H groups in total. The first-order chi connectivity index (χ1) is 13.5. The number of nitrogens with one attached hydrogen (secondary N) is 3. The van der Waals surface area contributed by atoms with Crippen LogP contribution < -0.4 is 16.1 Å². The van der Waals surface area contributed by atoms with Crippen molar-refractivity contribution in [1.29, 1.82) is 0 Å². The van der Waals surface area contributed by atoms with Crippen molar-refractivity contribution >= 4 is 33.1 Å². The maximum Gasteiger partial charge on any atom is 0.243 e. The number of benzene rings is 1. The Labute approximate surface area is 173 Å². The molecule has 1 aliphatic carbocycles. The van der Waals surface area contributed by atoms with E-state index in [1.165, 1.54) is 23.6 Å². The molecule has 2 aliphatic rings. The molecule has 0 radical (unpaired) electrons. The zero-order valence-corrected chi connectivity index (χ0v) is 17.9. The van der Waals surface area contributed by atoms with Gasteiger partial charge in [-0.1, -0.05) is 31.4 Å². The van der Waals surface area contributed by atoms with Gasteiger partial charge in [0.1, 0.15) is 0 Å². The summed E-state index contributed by atoms with van der Waals surface area (Å²) in [7, 11) is -3.44. The normalized spacial score (nSPS) is 20.0. The van der Waals surface area contributed by atoms with E-state index in [2.05, 4.69) is 21.2 Å². The molecule has 1 saturated heterocycles. The van der Waals surface area contributed by atoms with Crippen LogP contribution in [0.3, 0.4) is 0 Å². The molecule has 0 aromatic heterocycles. The largest absolute Gasteiger partial charge is 0.359 e. The Bertz CT molecular complexity index is 796. The summed E-state index contributed by atoms with van der Waals surface area (Å²) in [5, 5.41) is 11.3. The fraction of sp³-hybridized carbons (Fsp3) is 0.579. The highest BCUT2D eigenvalue weighted by atomic mass is 32.2. The molecule has 7 nitrogen and oxygen atoms in total. The third-order valence-corrected chi connectivity index (χ3v) is 7.37. The number of hydrazone groups is 1. The minimum Gasteiger partial charge on any atom is -0.359 e. The van der Waals surface area contributed by atoms with Gasteiger partial charge in [0.05, 0.1) is 10.6 Å². The smallest absolute Gasteiger partial charge is 0.243 e. The summed E-state index contributed by atoms with van der Waals surface area (Å²) < 4.78 is 26.9. The Balaban J connectivity index is 1.58. The number of hydrogen-bond donors (Lipinski definition) is 3. The molecule has 1 aliphatic heterocycles. The summed E-state index contributed by atoms with van der Waals surface area (Å²) in [6.45, 7) is 4.24. The van der Waals surface area contributed by atoms with Gasteiger partial charge in [0.15, 0.2) is 5.11 Å². The number of nitrogens with zero attached hydrogens (tertiary/aromatic N) is 2. The van der Waals surface area contributed by atoms with Crippen molar-refractivity contribution in [1.82, 2.24) is 20.4 Å². The van der Waals surface area contributed by atoms with E-state index in [4.69, 9.17) is 12.2 Å². The fourth-order valence-corrected chi connectivity index (χ4v) is 5.22. The van der Waals surface area contributed by atoms with Crippen molar-refractivity contribution in [3.63, 3.8) is 0 Å². The van der Waals surface area contributed by atoms with Crippen LogP contribution in [0.5, 0.6) is 0 Å². The SMILES string of the molecule is C/C(=N/NC(=S)NC1CCCCC1)c1ccc(S(=O)(=O)N2CCNCC2)cc1. The van der Waals surface area contributed by atoms with Crippen LogP contribution in [0.2, 0.25) is 0 Å². The van der Waals surface area contributed by atoms with E-state index >= 15 is 0 Å². The summed E-state index contributed by atoms with van der Waals surface area (Å²) in [5.74, 6) is 0. The van der Waals surface area contributed by atoms with Crippen molar-refractivity contribution < 1.29 is 8.42 Å². The number of hydrogen-bond acceptors (Lipinski definition) is 5. The Morgan fingerprint density at radius 3 is 2.43 bits per heavy atom. The lowest BCUT2D eigenvalue weighted by atomic mass is 9.96. The summed E-state index contributed by atoms with van der Waals surface area (Å²) in [6.07, 6.45) is 6.08. The highest BCUT2D eigenvalue weighted by Crippen LogP contribution is 2.18. The van der Waals surface area contributed by atoms with Crippen LogP contribution >= 0.6 is 12.2 Å². The van der Waals surface area contributed by atoms with Gasteiger partial charge in [0.2, 0.25) is 10.0 Å². The lowest BCUT2D eigenvalue weighted by Gasteiger charge is -2.26. The van der Waals surface area contributed by atoms with Gasteiger partial charge < -0.3 is 10.6 Å². The van der Waals surface area contributed by atoms with Gasteiger partial charge in [-0.25, -0.2) is 8.42 Å². The molecule has 1 saturated carbocycles. The molecule has 0 amide bonds. The van der Waals surface area contributed by atoms with Crippen LogP contribution in [-0.4, -0.2) is 55.8 Å². The van der Waals surface area contributed by atoms with Gasteiger partial charge >= 0.3 is 0 Å². The van der Waals surface area contributed by atoms with Crippen LogP contribution in [-0.2, 0) is 10.0 Å². The number of rotatable bonds is 5. The Hall–Kier alpha value is -1.55. The highest BCUT2D eigenvalue weighted by Gasteiger charge is 2.25. The molecule has 0 unspecified atom stereocenters. The van der Waals surface area contributed by atoms with Crippen LogP contribution in [0.4, 0.5) is 0 Å². The molecule has 0 spiro atoms. The maximum absolute atomic E-state index is 12.7. The predicted octanol–water partition coefficient (Wildman–Crippen LogP) is 1.80. The second-order valence-corrected chi connectivity index (χ2v) is 9.64. The fourth-order valence-electron chi connectivity index (χ4n) is 3.57. The van der Waals surface area contributed by atoms with Crippen molar-refractivity contribution in [2.75, 3.05) is 26.2 Å². The molecule has 1 aromatic carbocycles. The molecule has 9 heteroatoms. The maximum atomic E-state index is 12.7. The minimum atomic E-state index is -3.44. The van der Waals surface area contributed by atoms with E-state index in [1.807, 2.05) is 6.92 Å². The zero-order chi connectivity index (χ0) is 20.0. The van der Waals surface area contributed by atoms with Crippen molar-refractivity contribution in [2.45, 2.75) is 50.0 Å². The van der Waals surface area contributed by atoms with Gasteiger partial charge in [-0.15, -0.1) is 0 Å². The summed E-state index contributed by atoms with van der Waals surface area (Å²) >= 11 is 5.33. The number of sulfonamides is 1. The average molecular weight is 424 g/mol. The molecule has 1 heterocycles. The highest BCUT2D eigenvalue weighted by molar-refractivity contribution is 7.89. The van der Waals surface area contributed by atoms with Crippen LogP contribution in [0.1, 0.15) is 44.6 Å². The molecular weight excluding hydrogens is 394 g/mol. The monoisotopic (exact) mass is 423 g/mol. The topological polar surface area (TPSA) is 85.8 Å². The first kappa shape index (κ1) is 21.2. The van der Waals surface area contributed by atoms with Gasteiger partial charge in [0, 0.05) is 32.2 Å². The van der Waals surface area contributed by atoms with Crippen LogP contribution in [0.15, 0.2) is 34.3 Å². The third kappa shape index (κ3) is 5.50. The summed E-state index contributed by atoms with van der Waals surface area (Å²) in [4.78, 5) is 0.313. The van der Waals surface area contributed by atoms with Gasteiger partial charge in [-0.2, -0.15) is 9.41 Å². The molecule has 0 bridgehead atoms. The Morgan fingerprint density at radius 2 is 1.79 bits per heavy atom. The molecule has 1 aromatic rings. The van der Waals surface area contributed by atoms with E-state index < -0.39 is 10.0 Å². The van der Waals surface area contributed by atoms with E-state index in [0.717, 1.165) is 24.1 Å². The Kier molecular flexibility index (Phi) is 7.39. The van der Waals surface area contributed by atoms with Crippen LogP contribution in [0.25, 0.3) is 0 Å². The first-order valence-electron chi connectivity index (χ1n) is 9.89. The zero-order valence-electron chi connectivity index (χ0n) is 16.3. The van der Waals surface area contributed by atoms with E-state index in [-0.39, 0.29) is 0 Å². The van der Waals surface area contributed by atoms with Gasteiger partial charge in [0.25, 0.3) is 0 Å². The number of piperazine rings is 1. The van der Waals surface area contributed by atoms with E-state index in [1.54, 1.807) is 24.3 Å². The molecular formula is C19H29N5O2S2. The minimum absolute atomic E-state index is 0.313. The van der Waals surface area contributed by atoms with Crippen LogP contribution in [0, 0.1) is 0 Å². The predicted molar refractivity (Wildman–Crippen MR) is 116 cm³/mol. The molecule has 28 heavy (non-hydrogen) atoms. The third-order valence-electron chi connectivity index (χ3n) is 5.25. The average Bonchev–Trinajstić information content (AvgIpc) is 2.73. The second-order valence-electron chi connectivity index (χ2n) is 7.30. The van der Waals surface area contributed by atoms with Crippen molar-refractivity contribution in [3.05, 3.63) is 29.8 Å². The van der Waals surface area contributed by atoms with Gasteiger partial charge in [-0.3, -0.25) is 5.43 Å². The summed E-state index contributed by atoms with van der Waals surface area (Å²) in [5.41, 5.74) is 4.50. The number of thiocarbonyl (C=S) groups is 1. The summed E-state index contributed by atoms with van der Waals surface area (Å²) in [6, 6.07) is 7.29. The lowest BCUT2D eigenvalue weighted by Crippen LogP contribution is -2.46. The standard InChI is InChI=1S/C19H29N5O2S2/c1-15(22-23-19(27)21-17-5-3-2-4-6-17)16-7-9-18(10-8-16)28(25,26)24-13-11-20-12-14-24/h7-10,17,20H,2-6,11-14H2,1H3,(H2,21,23,27)/b22-15-. The Morgan fingerprint density at radius 1 is 1.14 bits per heavy atom.